The minimum atomic E-state index is 0.747. The first kappa shape index (κ1) is 18.0. The Morgan fingerprint density at radius 3 is 2.71 bits per heavy atom. The average molecular weight is 377 g/mol. The lowest BCUT2D eigenvalue weighted by atomic mass is 9.98. The molecule has 0 radical (unpaired) electrons. The molecule has 0 saturated carbocycles. The molecule has 4 nitrogen and oxygen atoms in total. The smallest absolute Gasteiger partial charge is 0.129 e. The van der Waals surface area contributed by atoms with Crippen molar-refractivity contribution in [3.8, 4) is 0 Å². The van der Waals surface area contributed by atoms with Gasteiger partial charge < -0.3 is 9.80 Å². The van der Waals surface area contributed by atoms with E-state index in [1.165, 1.54) is 61.3 Å². The summed E-state index contributed by atoms with van der Waals surface area (Å²) in [5, 5.41) is 0. The van der Waals surface area contributed by atoms with Crippen molar-refractivity contribution in [2.75, 3.05) is 36.0 Å². The highest BCUT2D eigenvalue weighted by Gasteiger charge is 2.33. The first-order chi connectivity index (χ1) is 13.7. The molecule has 2 saturated heterocycles. The van der Waals surface area contributed by atoms with Gasteiger partial charge in [0.25, 0.3) is 0 Å². The lowest BCUT2D eigenvalue weighted by molar-refractivity contribution is 0.204. The standard InChI is InChI=1S/C24H32N4/c1-18-7-10-25-24(14-18)27-12-8-20-15-22(6-5-21(20)16-27)26-13-9-23(17-26)28-11-3-4-19(28)2/h5-7,10,14-15,19,23H,3-4,8-9,11-13,16-17H2,1-2H3. The van der Waals surface area contributed by atoms with Crippen LogP contribution in [0.1, 0.15) is 42.9 Å². The third-order valence-electron chi connectivity index (χ3n) is 7.03. The van der Waals surface area contributed by atoms with E-state index in [2.05, 4.69) is 63.9 Å². The van der Waals surface area contributed by atoms with Gasteiger partial charge in [0.05, 0.1) is 0 Å². The Bertz CT molecular complexity index is 848. The number of hydrogen-bond acceptors (Lipinski definition) is 4. The van der Waals surface area contributed by atoms with Crippen LogP contribution in [0.3, 0.4) is 0 Å². The molecule has 3 aliphatic rings. The van der Waals surface area contributed by atoms with Crippen molar-refractivity contribution < 1.29 is 0 Å². The maximum absolute atomic E-state index is 4.58. The Labute approximate surface area is 169 Å². The summed E-state index contributed by atoms with van der Waals surface area (Å²) in [6.45, 7) is 10.3. The number of hydrogen-bond donors (Lipinski definition) is 0. The average Bonchev–Trinajstić information content (AvgIpc) is 3.36. The first-order valence-corrected chi connectivity index (χ1v) is 11.0. The van der Waals surface area contributed by atoms with Gasteiger partial charge in [0, 0.05) is 50.1 Å². The van der Waals surface area contributed by atoms with Crippen molar-refractivity contribution in [3.63, 3.8) is 0 Å². The number of fused-ring (bicyclic) bond motifs is 1. The number of rotatable bonds is 3. The summed E-state index contributed by atoms with van der Waals surface area (Å²) in [5.41, 5.74) is 5.69. The van der Waals surface area contributed by atoms with Crippen LogP contribution >= 0.6 is 0 Å². The lowest BCUT2D eigenvalue weighted by Gasteiger charge is -2.31. The highest BCUT2D eigenvalue weighted by molar-refractivity contribution is 5.55. The molecule has 4 heteroatoms. The van der Waals surface area contributed by atoms with Crippen molar-refractivity contribution in [1.29, 1.82) is 0 Å². The van der Waals surface area contributed by atoms with E-state index in [0.717, 1.165) is 37.4 Å². The molecule has 0 amide bonds. The second kappa shape index (κ2) is 7.40. The van der Waals surface area contributed by atoms with Gasteiger partial charge in [0.1, 0.15) is 5.82 Å². The van der Waals surface area contributed by atoms with Gasteiger partial charge in [-0.3, -0.25) is 4.90 Å². The molecule has 0 N–H and O–H groups in total. The molecular weight excluding hydrogens is 344 g/mol. The maximum Gasteiger partial charge on any atom is 0.129 e. The Morgan fingerprint density at radius 2 is 1.89 bits per heavy atom. The summed E-state index contributed by atoms with van der Waals surface area (Å²) >= 11 is 0. The molecule has 0 bridgehead atoms. The molecular formula is C24H32N4. The van der Waals surface area contributed by atoms with Crippen LogP contribution in [-0.2, 0) is 13.0 Å². The molecule has 2 unspecified atom stereocenters. The van der Waals surface area contributed by atoms with Gasteiger partial charge in [-0.1, -0.05) is 6.07 Å². The zero-order valence-electron chi connectivity index (χ0n) is 17.3. The van der Waals surface area contributed by atoms with Crippen molar-refractivity contribution >= 4 is 11.5 Å². The Morgan fingerprint density at radius 1 is 0.964 bits per heavy atom. The molecule has 1 aromatic heterocycles. The molecule has 4 heterocycles. The summed E-state index contributed by atoms with van der Waals surface area (Å²) in [4.78, 5) is 12.4. The fourth-order valence-corrected chi connectivity index (χ4v) is 5.37. The third kappa shape index (κ3) is 3.39. The minimum Gasteiger partial charge on any atom is -0.370 e. The lowest BCUT2D eigenvalue weighted by Crippen LogP contribution is -2.39. The summed E-state index contributed by atoms with van der Waals surface area (Å²) in [5.74, 6) is 1.11. The van der Waals surface area contributed by atoms with Crippen LogP contribution in [0.2, 0.25) is 0 Å². The van der Waals surface area contributed by atoms with E-state index in [1.807, 2.05) is 6.20 Å². The van der Waals surface area contributed by atoms with E-state index in [1.54, 1.807) is 0 Å². The van der Waals surface area contributed by atoms with Crippen LogP contribution in [-0.4, -0.2) is 48.1 Å². The zero-order chi connectivity index (χ0) is 19.1. The van der Waals surface area contributed by atoms with Crippen LogP contribution in [0.5, 0.6) is 0 Å². The predicted octanol–water partition coefficient (Wildman–Crippen LogP) is 4.02. The van der Waals surface area contributed by atoms with Gasteiger partial charge in [0.2, 0.25) is 0 Å². The Hall–Kier alpha value is -2.07. The molecule has 0 aliphatic carbocycles. The monoisotopic (exact) mass is 376 g/mol. The molecule has 148 valence electrons. The normalized spacial score (nSPS) is 25.4. The fourth-order valence-electron chi connectivity index (χ4n) is 5.37. The zero-order valence-corrected chi connectivity index (χ0v) is 17.3. The van der Waals surface area contributed by atoms with Crippen molar-refractivity contribution in [1.82, 2.24) is 9.88 Å². The van der Waals surface area contributed by atoms with E-state index in [0.29, 0.717) is 0 Å². The molecule has 1 aromatic carbocycles. The number of nitrogens with zero attached hydrogens (tertiary/aromatic N) is 4. The van der Waals surface area contributed by atoms with Crippen molar-refractivity contribution in [3.05, 3.63) is 53.2 Å². The highest BCUT2D eigenvalue weighted by atomic mass is 15.3. The van der Waals surface area contributed by atoms with E-state index in [-0.39, 0.29) is 0 Å². The highest BCUT2D eigenvalue weighted by Crippen LogP contribution is 2.31. The third-order valence-corrected chi connectivity index (χ3v) is 7.03. The van der Waals surface area contributed by atoms with Gasteiger partial charge in [-0.15, -0.1) is 0 Å². The number of pyridine rings is 1. The Kier molecular flexibility index (Phi) is 4.75. The van der Waals surface area contributed by atoms with E-state index >= 15 is 0 Å². The minimum absolute atomic E-state index is 0.747. The number of benzene rings is 1. The van der Waals surface area contributed by atoms with Gasteiger partial charge in [-0.2, -0.15) is 0 Å². The first-order valence-electron chi connectivity index (χ1n) is 11.0. The van der Waals surface area contributed by atoms with Crippen LogP contribution in [0.25, 0.3) is 0 Å². The van der Waals surface area contributed by atoms with Crippen LogP contribution < -0.4 is 9.80 Å². The van der Waals surface area contributed by atoms with Gasteiger partial charge in [-0.25, -0.2) is 4.98 Å². The van der Waals surface area contributed by atoms with Crippen molar-refractivity contribution in [2.45, 2.75) is 58.2 Å². The van der Waals surface area contributed by atoms with Gasteiger partial charge in [0.15, 0.2) is 0 Å². The predicted molar refractivity (Wildman–Crippen MR) is 116 cm³/mol. The van der Waals surface area contributed by atoms with E-state index in [9.17, 15) is 0 Å². The second-order valence-electron chi connectivity index (χ2n) is 8.93. The van der Waals surface area contributed by atoms with Crippen LogP contribution in [0.4, 0.5) is 11.5 Å². The van der Waals surface area contributed by atoms with Crippen LogP contribution in [0.15, 0.2) is 36.5 Å². The number of aryl methyl sites for hydroxylation is 1. The quantitative estimate of drug-likeness (QED) is 0.807. The van der Waals surface area contributed by atoms with Gasteiger partial charge in [-0.05, 0) is 87.0 Å². The molecule has 0 spiro atoms. The molecule has 2 atom stereocenters. The Balaban J connectivity index is 1.28. The second-order valence-corrected chi connectivity index (χ2v) is 8.93. The number of anilines is 2. The summed E-state index contributed by atoms with van der Waals surface area (Å²) in [6.07, 6.45) is 7.10. The largest absolute Gasteiger partial charge is 0.370 e. The SMILES string of the molecule is Cc1ccnc(N2CCc3cc(N4CCC(N5CCCC5C)C4)ccc3C2)c1. The van der Waals surface area contributed by atoms with Crippen molar-refractivity contribution in [2.24, 2.45) is 0 Å². The molecule has 3 aliphatic heterocycles. The molecule has 5 rings (SSSR count). The number of aromatic nitrogens is 1. The molecule has 28 heavy (non-hydrogen) atoms. The molecule has 2 aromatic rings. The van der Waals surface area contributed by atoms with E-state index in [4.69, 9.17) is 0 Å². The summed E-state index contributed by atoms with van der Waals surface area (Å²) in [6, 6.07) is 13.0. The summed E-state index contributed by atoms with van der Waals surface area (Å²) < 4.78 is 0. The fraction of sp³-hybridized carbons (Fsp3) is 0.542. The maximum atomic E-state index is 4.58. The van der Waals surface area contributed by atoms with Gasteiger partial charge >= 0.3 is 0 Å². The van der Waals surface area contributed by atoms with Crippen LogP contribution in [0, 0.1) is 6.92 Å². The summed E-state index contributed by atoms with van der Waals surface area (Å²) in [7, 11) is 0. The topological polar surface area (TPSA) is 22.6 Å². The van der Waals surface area contributed by atoms with E-state index < -0.39 is 0 Å². The number of likely N-dealkylation sites (tertiary alicyclic amines) is 1. The molecule has 2 fully saturated rings.